The zero-order valence-corrected chi connectivity index (χ0v) is 15.9. The fourth-order valence-electron chi connectivity index (χ4n) is 2.30. The number of hydrogen-bond acceptors (Lipinski definition) is 3. The van der Waals surface area contributed by atoms with Crippen molar-refractivity contribution in [1.29, 1.82) is 0 Å². The van der Waals surface area contributed by atoms with Crippen molar-refractivity contribution in [2.45, 2.75) is 18.7 Å². The van der Waals surface area contributed by atoms with Gasteiger partial charge in [-0.15, -0.1) is 11.8 Å². The molecule has 24 heavy (non-hydrogen) atoms. The van der Waals surface area contributed by atoms with Crippen LogP contribution in [0.25, 0.3) is 0 Å². The van der Waals surface area contributed by atoms with Gasteiger partial charge in [0.05, 0.1) is 18.9 Å². The minimum Gasteiger partial charge on any atom is -0.496 e. The Morgan fingerprint density at radius 3 is 2.79 bits per heavy atom. The van der Waals surface area contributed by atoms with Crippen molar-refractivity contribution in [2.75, 3.05) is 12.9 Å². The van der Waals surface area contributed by atoms with Crippen molar-refractivity contribution in [1.82, 2.24) is 5.32 Å². The molecule has 6 heteroatoms. The Kier molecular flexibility index (Phi) is 7.12. The van der Waals surface area contributed by atoms with Gasteiger partial charge in [0.2, 0.25) is 5.91 Å². The Hall–Kier alpha value is -1.53. The van der Waals surface area contributed by atoms with E-state index in [0.29, 0.717) is 17.3 Å². The van der Waals surface area contributed by atoms with Gasteiger partial charge < -0.3 is 10.1 Å². The molecule has 0 bridgehead atoms. The van der Waals surface area contributed by atoms with Crippen molar-refractivity contribution in [2.24, 2.45) is 0 Å². The van der Waals surface area contributed by atoms with Crippen LogP contribution in [0, 0.1) is 5.82 Å². The van der Waals surface area contributed by atoms with Crippen LogP contribution in [0.2, 0.25) is 0 Å². The predicted octanol–water partition coefficient (Wildman–Crippen LogP) is 4.71. The molecule has 0 spiro atoms. The summed E-state index contributed by atoms with van der Waals surface area (Å²) in [4.78, 5) is 12.1. The Bertz CT molecular complexity index is 711. The number of thioether (sulfide) groups is 1. The molecule has 0 aromatic heterocycles. The molecule has 0 aliphatic carbocycles. The second-order valence-electron chi connectivity index (χ2n) is 5.26. The summed E-state index contributed by atoms with van der Waals surface area (Å²) in [6, 6.07) is 12.1. The molecular formula is C18H19BrFNO2S. The van der Waals surface area contributed by atoms with E-state index in [1.165, 1.54) is 23.9 Å². The number of carbonyl (C=O) groups excluding carboxylic acids is 1. The highest BCUT2D eigenvalue weighted by Gasteiger charge is 2.12. The topological polar surface area (TPSA) is 38.3 Å². The van der Waals surface area contributed by atoms with Crippen LogP contribution in [0.15, 0.2) is 46.9 Å². The number of ether oxygens (including phenoxy) is 1. The van der Waals surface area contributed by atoms with E-state index in [1.54, 1.807) is 13.2 Å². The molecule has 0 unspecified atom stereocenters. The summed E-state index contributed by atoms with van der Waals surface area (Å²) in [5.74, 6) is 1.08. The van der Waals surface area contributed by atoms with Crippen LogP contribution in [0.3, 0.4) is 0 Å². The number of halogens is 2. The number of methoxy groups -OCH3 is 1. The molecule has 0 aliphatic heterocycles. The average Bonchev–Trinajstić information content (AvgIpc) is 2.55. The number of rotatable bonds is 7. The molecule has 0 aliphatic rings. The van der Waals surface area contributed by atoms with Crippen molar-refractivity contribution >= 4 is 33.6 Å². The second-order valence-corrected chi connectivity index (χ2v) is 7.10. The number of benzene rings is 2. The van der Waals surface area contributed by atoms with E-state index in [4.69, 9.17) is 4.74 Å². The first-order chi connectivity index (χ1) is 11.5. The van der Waals surface area contributed by atoms with Gasteiger partial charge in [-0.3, -0.25) is 4.79 Å². The molecule has 2 rings (SSSR count). The van der Waals surface area contributed by atoms with Crippen LogP contribution < -0.4 is 10.1 Å². The molecule has 2 aromatic rings. The number of nitrogens with one attached hydrogen (secondary N) is 1. The quantitative estimate of drug-likeness (QED) is 0.716. The van der Waals surface area contributed by atoms with Gasteiger partial charge >= 0.3 is 0 Å². The zero-order valence-electron chi connectivity index (χ0n) is 13.5. The zero-order chi connectivity index (χ0) is 17.5. The fraction of sp³-hybridized carbons (Fsp3) is 0.278. The van der Waals surface area contributed by atoms with Crippen molar-refractivity contribution in [3.63, 3.8) is 0 Å². The maximum absolute atomic E-state index is 13.3. The standard InChI is InChI=1S/C18H19BrFNO2S/c1-12(15-5-3-4-6-16(15)19)21-18(22)11-24-10-13-9-14(20)7-8-17(13)23-2/h3-9,12H,10-11H2,1-2H3,(H,21,22)/t12-/m0/s1. The summed E-state index contributed by atoms with van der Waals surface area (Å²) in [7, 11) is 1.55. The molecule has 3 nitrogen and oxygen atoms in total. The van der Waals surface area contributed by atoms with Crippen molar-refractivity contribution in [3.8, 4) is 5.75 Å². The second kappa shape index (κ2) is 9.08. The van der Waals surface area contributed by atoms with Crippen molar-refractivity contribution < 1.29 is 13.9 Å². The normalized spacial score (nSPS) is 11.8. The maximum Gasteiger partial charge on any atom is 0.230 e. The van der Waals surface area contributed by atoms with Gasteiger partial charge in [0, 0.05) is 15.8 Å². The van der Waals surface area contributed by atoms with Crippen LogP contribution in [-0.4, -0.2) is 18.8 Å². The lowest BCUT2D eigenvalue weighted by Crippen LogP contribution is -2.28. The third kappa shape index (κ3) is 5.24. The largest absolute Gasteiger partial charge is 0.496 e. The van der Waals surface area contributed by atoms with Crippen LogP contribution in [-0.2, 0) is 10.5 Å². The first-order valence-electron chi connectivity index (χ1n) is 7.45. The maximum atomic E-state index is 13.3. The Balaban J connectivity index is 1.86. The summed E-state index contributed by atoms with van der Waals surface area (Å²) in [5, 5.41) is 2.97. The molecule has 0 fully saturated rings. The lowest BCUT2D eigenvalue weighted by Gasteiger charge is -2.16. The fourth-order valence-corrected chi connectivity index (χ4v) is 3.75. The van der Waals surface area contributed by atoms with Gasteiger partial charge in [-0.25, -0.2) is 4.39 Å². The van der Waals surface area contributed by atoms with Crippen LogP contribution in [0.5, 0.6) is 5.75 Å². The number of hydrogen-bond donors (Lipinski definition) is 1. The average molecular weight is 412 g/mol. The van der Waals surface area contributed by atoms with E-state index in [-0.39, 0.29) is 17.8 Å². The lowest BCUT2D eigenvalue weighted by molar-refractivity contribution is -0.119. The molecule has 1 atom stereocenters. The van der Waals surface area contributed by atoms with E-state index in [2.05, 4.69) is 21.2 Å². The van der Waals surface area contributed by atoms with Gasteiger partial charge in [-0.1, -0.05) is 34.1 Å². The summed E-state index contributed by atoms with van der Waals surface area (Å²) < 4.78 is 19.5. The molecule has 128 valence electrons. The Labute approximate surface area is 154 Å². The smallest absolute Gasteiger partial charge is 0.230 e. The van der Waals surface area contributed by atoms with E-state index < -0.39 is 0 Å². The van der Waals surface area contributed by atoms with Gasteiger partial charge in [0.1, 0.15) is 11.6 Å². The predicted molar refractivity (Wildman–Crippen MR) is 99.8 cm³/mol. The van der Waals surface area contributed by atoms with Crippen LogP contribution in [0.4, 0.5) is 4.39 Å². The monoisotopic (exact) mass is 411 g/mol. The Morgan fingerprint density at radius 2 is 2.08 bits per heavy atom. The number of carbonyl (C=O) groups is 1. The lowest BCUT2D eigenvalue weighted by atomic mass is 10.1. The third-order valence-electron chi connectivity index (χ3n) is 3.48. The first-order valence-corrected chi connectivity index (χ1v) is 9.40. The Morgan fingerprint density at radius 1 is 1.33 bits per heavy atom. The van der Waals surface area contributed by atoms with Gasteiger partial charge in [0.25, 0.3) is 0 Å². The van der Waals surface area contributed by atoms with E-state index >= 15 is 0 Å². The van der Waals surface area contributed by atoms with Gasteiger partial charge in [0.15, 0.2) is 0 Å². The molecule has 0 radical (unpaired) electrons. The van der Waals surface area contributed by atoms with E-state index in [0.717, 1.165) is 15.6 Å². The highest BCUT2D eigenvalue weighted by molar-refractivity contribution is 9.10. The molecule has 1 amide bonds. The highest BCUT2D eigenvalue weighted by Crippen LogP contribution is 2.25. The molecule has 1 N–H and O–H groups in total. The molecule has 0 heterocycles. The molecular weight excluding hydrogens is 393 g/mol. The summed E-state index contributed by atoms with van der Waals surface area (Å²) in [5.41, 5.74) is 1.77. The van der Waals surface area contributed by atoms with Gasteiger partial charge in [-0.2, -0.15) is 0 Å². The third-order valence-corrected chi connectivity index (χ3v) is 5.19. The minimum absolute atomic E-state index is 0.0568. The molecule has 0 saturated heterocycles. The molecule has 0 saturated carbocycles. The van der Waals surface area contributed by atoms with Crippen molar-refractivity contribution in [3.05, 3.63) is 63.9 Å². The van der Waals surface area contributed by atoms with Crippen LogP contribution >= 0.6 is 27.7 Å². The van der Waals surface area contributed by atoms with E-state index in [9.17, 15) is 9.18 Å². The first kappa shape index (κ1) is 18.8. The number of amides is 1. The summed E-state index contributed by atoms with van der Waals surface area (Å²) >= 11 is 4.91. The highest BCUT2D eigenvalue weighted by atomic mass is 79.9. The summed E-state index contributed by atoms with van der Waals surface area (Å²) in [6.45, 7) is 1.94. The van der Waals surface area contributed by atoms with Gasteiger partial charge in [-0.05, 0) is 36.8 Å². The van der Waals surface area contributed by atoms with E-state index in [1.807, 2.05) is 31.2 Å². The van der Waals surface area contributed by atoms with Crippen LogP contribution in [0.1, 0.15) is 24.1 Å². The SMILES string of the molecule is COc1ccc(F)cc1CSCC(=O)N[C@@H](C)c1ccccc1Br. The summed E-state index contributed by atoms with van der Waals surface area (Å²) in [6.07, 6.45) is 0. The molecule has 2 aromatic carbocycles. The minimum atomic E-state index is -0.307.